The number of halogens is 1. The summed E-state index contributed by atoms with van der Waals surface area (Å²) in [7, 11) is 0. The lowest BCUT2D eigenvalue weighted by atomic mass is 9.86. The molecule has 3 nitrogen and oxygen atoms in total. The van der Waals surface area contributed by atoms with Gasteiger partial charge in [-0.15, -0.1) is 0 Å². The minimum Gasteiger partial charge on any atom is -0.325 e. The monoisotopic (exact) mass is 327 g/mol. The predicted octanol–water partition coefficient (Wildman–Crippen LogP) is 3.68. The number of nitrogens with two attached hydrogens (primary N) is 1. The first-order valence-electron chi connectivity index (χ1n) is 7.33. The highest BCUT2D eigenvalue weighted by atomic mass is 79.9. The van der Waals surface area contributed by atoms with Crippen LogP contribution in [0.15, 0.2) is 4.47 Å². The van der Waals surface area contributed by atoms with Crippen LogP contribution in [0, 0.1) is 5.41 Å². The van der Waals surface area contributed by atoms with Crippen molar-refractivity contribution in [2.75, 3.05) is 0 Å². The first kappa shape index (κ1) is 15.0. The minimum atomic E-state index is -0.0655. The normalized spacial score (nSPS) is 26.0. The van der Waals surface area contributed by atoms with Crippen molar-refractivity contribution in [3.8, 4) is 0 Å². The molecule has 1 aliphatic carbocycles. The molecule has 0 amide bonds. The van der Waals surface area contributed by atoms with Gasteiger partial charge in [-0.25, -0.2) is 0 Å². The van der Waals surface area contributed by atoms with E-state index in [2.05, 4.69) is 53.4 Å². The first-order valence-corrected chi connectivity index (χ1v) is 8.12. The zero-order chi connectivity index (χ0) is 14.3. The Balaban J connectivity index is 2.26. The van der Waals surface area contributed by atoms with Crippen LogP contribution in [-0.4, -0.2) is 15.3 Å². The lowest BCUT2D eigenvalue weighted by Gasteiger charge is -2.27. The maximum Gasteiger partial charge on any atom is 0.0766 e. The summed E-state index contributed by atoms with van der Waals surface area (Å²) >= 11 is 3.72. The van der Waals surface area contributed by atoms with Gasteiger partial charge < -0.3 is 5.73 Å². The van der Waals surface area contributed by atoms with Gasteiger partial charge in [-0.3, -0.25) is 4.68 Å². The van der Waals surface area contributed by atoms with E-state index in [1.807, 2.05) is 0 Å². The minimum absolute atomic E-state index is 0.0655. The molecule has 2 rings (SSSR count). The van der Waals surface area contributed by atoms with Crippen LogP contribution in [-0.2, 0) is 19.4 Å². The molecule has 108 valence electrons. The maximum absolute atomic E-state index is 6.65. The van der Waals surface area contributed by atoms with E-state index in [1.54, 1.807) is 0 Å². The lowest BCUT2D eigenvalue weighted by molar-refractivity contribution is 0.330. The Bertz CT molecular complexity index is 464. The molecule has 1 unspecified atom stereocenters. The molecule has 0 aromatic carbocycles. The van der Waals surface area contributed by atoms with Gasteiger partial charge in [0.25, 0.3) is 0 Å². The number of aromatic nitrogens is 2. The second-order valence-corrected chi connectivity index (χ2v) is 7.55. The summed E-state index contributed by atoms with van der Waals surface area (Å²) in [5.74, 6) is 0. The summed E-state index contributed by atoms with van der Waals surface area (Å²) in [4.78, 5) is 0. The molecule has 1 heterocycles. The third kappa shape index (κ3) is 3.05. The lowest BCUT2D eigenvalue weighted by Crippen LogP contribution is -2.40. The average Bonchev–Trinajstić information content (AvgIpc) is 2.78. The SMILES string of the molecule is CCc1nn(CC)c(CC2(N)CCC(C)(C)C2)c1Br. The van der Waals surface area contributed by atoms with Crippen molar-refractivity contribution < 1.29 is 0 Å². The first-order chi connectivity index (χ1) is 8.80. The number of aryl methyl sites for hydroxylation is 2. The fourth-order valence-corrected chi connectivity index (χ4v) is 4.09. The Morgan fingerprint density at radius 1 is 1.32 bits per heavy atom. The van der Waals surface area contributed by atoms with Crippen LogP contribution in [0.4, 0.5) is 0 Å². The third-order valence-electron chi connectivity index (χ3n) is 4.34. The molecule has 0 saturated heterocycles. The van der Waals surface area contributed by atoms with E-state index < -0.39 is 0 Å². The number of nitrogens with zero attached hydrogens (tertiary/aromatic N) is 2. The van der Waals surface area contributed by atoms with Gasteiger partial charge in [-0.05, 0) is 54.0 Å². The number of rotatable bonds is 4. The van der Waals surface area contributed by atoms with Gasteiger partial charge in [-0.2, -0.15) is 5.10 Å². The molecule has 4 heteroatoms. The van der Waals surface area contributed by atoms with Crippen LogP contribution in [0.2, 0.25) is 0 Å². The van der Waals surface area contributed by atoms with Crippen molar-refractivity contribution in [2.45, 2.75) is 71.9 Å². The average molecular weight is 328 g/mol. The van der Waals surface area contributed by atoms with Crippen molar-refractivity contribution in [3.05, 3.63) is 15.9 Å². The van der Waals surface area contributed by atoms with Crippen LogP contribution in [0.5, 0.6) is 0 Å². The molecule has 1 saturated carbocycles. The van der Waals surface area contributed by atoms with Gasteiger partial charge in [-0.1, -0.05) is 20.8 Å². The molecule has 1 atom stereocenters. The molecular weight excluding hydrogens is 302 g/mol. The zero-order valence-electron chi connectivity index (χ0n) is 12.6. The highest BCUT2D eigenvalue weighted by Crippen LogP contribution is 2.44. The molecule has 1 aliphatic rings. The molecule has 0 aliphatic heterocycles. The summed E-state index contributed by atoms with van der Waals surface area (Å²) < 4.78 is 3.29. The van der Waals surface area contributed by atoms with Crippen LogP contribution < -0.4 is 5.73 Å². The summed E-state index contributed by atoms with van der Waals surface area (Å²) in [5.41, 5.74) is 9.39. The van der Waals surface area contributed by atoms with Crippen molar-refractivity contribution in [3.63, 3.8) is 0 Å². The van der Waals surface area contributed by atoms with Gasteiger partial charge >= 0.3 is 0 Å². The van der Waals surface area contributed by atoms with Gasteiger partial charge in [0.05, 0.1) is 15.9 Å². The van der Waals surface area contributed by atoms with Crippen molar-refractivity contribution >= 4 is 15.9 Å². The molecule has 1 aromatic heterocycles. The van der Waals surface area contributed by atoms with E-state index >= 15 is 0 Å². The van der Waals surface area contributed by atoms with E-state index in [0.29, 0.717) is 5.41 Å². The van der Waals surface area contributed by atoms with Crippen molar-refractivity contribution in [1.29, 1.82) is 0 Å². The van der Waals surface area contributed by atoms with E-state index in [1.165, 1.54) is 16.6 Å². The Morgan fingerprint density at radius 3 is 2.47 bits per heavy atom. The van der Waals surface area contributed by atoms with Crippen LogP contribution in [0.3, 0.4) is 0 Å². The molecule has 0 bridgehead atoms. The predicted molar refractivity (Wildman–Crippen MR) is 83.2 cm³/mol. The molecule has 1 fully saturated rings. The smallest absolute Gasteiger partial charge is 0.0766 e. The van der Waals surface area contributed by atoms with E-state index in [9.17, 15) is 0 Å². The standard InChI is InChI=1S/C15H26BrN3/c1-5-11-13(16)12(19(6-2)18-11)9-15(17)8-7-14(3,4)10-15/h5-10,17H2,1-4H3. The fourth-order valence-electron chi connectivity index (χ4n) is 3.39. The van der Waals surface area contributed by atoms with Crippen LogP contribution in [0.1, 0.15) is 58.3 Å². The van der Waals surface area contributed by atoms with Gasteiger partial charge in [0.15, 0.2) is 0 Å². The Kier molecular flexibility index (Phi) is 4.12. The second kappa shape index (κ2) is 5.21. The van der Waals surface area contributed by atoms with Gasteiger partial charge in [0.1, 0.15) is 0 Å². The maximum atomic E-state index is 6.65. The number of hydrogen-bond acceptors (Lipinski definition) is 2. The largest absolute Gasteiger partial charge is 0.325 e. The van der Waals surface area contributed by atoms with Gasteiger partial charge in [0, 0.05) is 18.5 Å². The summed E-state index contributed by atoms with van der Waals surface area (Å²) in [6.07, 6.45) is 5.33. The summed E-state index contributed by atoms with van der Waals surface area (Å²) in [5, 5.41) is 4.67. The molecule has 1 aromatic rings. The van der Waals surface area contributed by atoms with Crippen molar-refractivity contribution in [1.82, 2.24) is 9.78 Å². The Hall–Kier alpha value is -0.350. The summed E-state index contributed by atoms with van der Waals surface area (Å²) in [6, 6.07) is 0. The topological polar surface area (TPSA) is 43.8 Å². The Morgan fingerprint density at radius 2 is 2.00 bits per heavy atom. The zero-order valence-corrected chi connectivity index (χ0v) is 14.2. The molecule has 19 heavy (non-hydrogen) atoms. The quantitative estimate of drug-likeness (QED) is 0.916. The van der Waals surface area contributed by atoms with Crippen LogP contribution >= 0.6 is 15.9 Å². The molecule has 2 N–H and O–H groups in total. The highest BCUT2D eigenvalue weighted by molar-refractivity contribution is 9.10. The second-order valence-electron chi connectivity index (χ2n) is 6.76. The number of hydrogen-bond donors (Lipinski definition) is 1. The molecular formula is C15H26BrN3. The van der Waals surface area contributed by atoms with E-state index in [-0.39, 0.29) is 5.54 Å². The van der Waals surface area contributed by atoms with Crippen molar-refractivity contribution in [2.24, 2.45) is 11.1 Å². The van der Waals surface area contributed by atoms with E-state index in [0.717, 1.165) is 37.9 Å². The molecule has 0 spiro atoms. The van der Waals surface area contributed by atoms with E-state index in [4.69, 9.17) is 5.73 Å². The third-order valence-corrected chi connectivity index (χ3v) is 5.26. The molecule has 0 radical (unpaired) electrons. The van der Waals surface area contributed by atoms with Crippen LogP contribution in [0.25, 0.3) is 0 Å². The highest BCUT2D eigenvalue weighted by Gasteiger charge is 2.41. The summed E-state index contributed by atoms with van der Waals surface area (Å²) in [6.45, 7) is 9.85. The fraction of sp³-hybridized carbons (Fsp3) is 0.800. The Labute approximate surface area is 125 Å². The van der Waals surface area contributed by atoms with Gasteiger partial charge in [0.2, 0.25) is 0 Å².